The molecule has 0 aromatic rings. The summed E-state index contributed by atoms with van der Waals surface area (Å²) in [4.78, 5) is 23.1. The summed E-state index contributed by atoms with van der Waals surface area (Å²) in [6.45, 7) is 7.93. The number of hydrogen-bond acceptors (Lipinski definition) is 2. The average molecular weight is 278 g/mol. The molecule has 0 spiro atoms. The molecule has 1 unspecified atom stereocenters. The molecular formula is C18H30O2. The number of Topliss-reactive ketones (excluding diaryl/α,β-unsaturated/α-hetero) is 2. The van der Waals surface area contributed by atoms with Crippen molar-refractivity contribution < 1.29 is 9.59 Å². The van der Waals surface area contributed by atoms with E-state index >= 15 is 0 Å². The first kappa shape index (κ1) is 17.1. The van der Waals surface area contributed by atoms with E-state index < -0.39 is 0 Å². The minimum atomic E-state index is 0.0422. The first-order valence-corrected chi connectivity index (χ1v) is 8.26. The van der Waals surface area contributed by atoms with Crippen LogP contribution >= 0.6 is 0 Å². The predicted octanol–water partition coefficient (Wildman–Crippen LogP) is 4.87. The maximum Gasteiger partial charge on any atom is 0.140 e. The number of carbonyl (C=O) groups excluding carboxylic acids is 2. The zero-order valence-electron chi connectivity index (χ0n) is 13.2. The van der Waals surface area contributed by atoms with Crippen LogP contribution < -0.4 is 0 Å². The molecule has 0 bridgehead atoms. The van der Waals surface area contributed by atoms with E-state index in [0.29, 0.717) is 31.0 Å². The van der Waals surface area contributed by atoms with Gasteiger partial charge >= 0.3 is 0 Å². The van der Waals surface area contributed by atoms with Gasteiger partial charge < -0.3 is 4.79 Å². The highest BCUT2D eigenvalue weighted by molar-refractivity contribution is 5.86. The number of unbranched alkanes of at least 4 members (excludes halogenated alkanes) is 4. The molecule has 0 aliphatic heterocycles. The summed E-state index contributed by atoms with van der Waals surface area (Å²) in [6.07, 6.45) is 10.5. The van der Waals surface area contributed by atoms with Crippen molar-refractivity contribution in [1.82, 2.24) is 0 Å². The molecule has 0 aromatic heterocycles. The highest BCUT2D eigenvalue weighted by Gasteiger charge is 2.35. The first-order valence-electron chi connectivity index (χ1n) is 8.26. The molecule has 0 radical (unpaired) electrons. The van der Waals surface area contributed by atoms with Crippen molar-refractivity contribution in [3.63, 3.8) is 0 Å². The van der Waals surface area contributed by atoms with Gasteiger partial charge in [0.15, 0.2) is 0 Å². The minimum absolute atomic E-state index is 0.0422. The van der Waals surface area contributed by atoms with E-state index in [9.17, 15) is 9.59 Å². The molecule has 0 heterocycles. The smallest absolute Gasteiger partial charge is 0.140 e. The molecule has 2 nitrogen and oxygen atoms in total. The first-order chi connectivity index (χ1) is 9.56. The molecule has 20 heavy (non-hydrogen) atoms. The maximum atomic E-state index is 12.1. The second kappa shape index (κ2) is 9.10. The predicted molar refractivity (Wildman–Crippen MR) is 83.7 cm³/mol. The van der Waals surface area contributed by atoms with Crippen LogP contribution in [0.4, 0.5) is 0 Å². The van der Waals surface area contributed by atoms with E-state index in [-0.39, 0.29) is 11.7 Å². The van der Waals surface area contributed by atoms with Crippen LogP contribution in [0.3, 0.4) is 0 Å². The van der Waals surface area contributed by atoms with Crippen molar-refractivity contribution >= 4 is 11.6 Å². The van der Waals surface area contributed by atoms with Crippen molar-refractivity contribution in [2.45, 2.75) is 78.1 Å². The Bertz CT molecular complexity index is 343. The number of allylic oxidation sites excluding steroid dienone is 1. The third-order valence-corrected chi connectivity index (χ3v) is 4.50. The lowest BCUT2D eigenvalue weighted by Crippen LogP contribution is -2.17. The fourth-order valence-electron chi connectivity index (χ4n) is 3.29. The largest absolute Gasteiger partial charge is 0.300 e. The van der Waals surface area contributed by atoms with Crippen LogP contribution in [0, 0.1) is 11.8 Å². The van der Waals surface area contributed by atoms with Gasteiger partial charge in [-0.1, -0.05) is 51.2 Å². The van der Waals surface area contributed by atoms with E-state index in [1.54, 1.807) is 6.92 Å². The van der Waals surface area contributed by atoms with Crippen LogP contribution in [0.1, 0.15) is 78.1 Å². The summed E-state index contributed by atoms with van der Waals surface area (Å²) in [6, 6.07) is 0. The minimum Gasteiger partial charge on any atom is -0.300 e. The molecule has 2 atom stereocenters. The van der Waals surface area contributed by atoms with Gasteiger partial charge in [0.05, 0.1) is 0 Å². The summed E-state index contributed by atoms with van der Waals surface area (Å²) < 4.78 is 0. The van der Waals surface area contributed by atoms with Gasteiger partial charge in [0.2, 0.25) is 0 Å². The zero-order valence-corrected chi connectivity index (χ0v) is 13.2. The molecule has 1 aliphatic rings. The number of hydrogen-bond donors (Lipinski definition) is 0. The van der Waals surface area contributed by atoms with Crippen LogP contribution in [0.15, 0.2) is 12.2 Å². The monoisotopic (exact) mass is 278 g/mol. The quantitative estimate of drug-likeness (QED) is 0.422. The van der Waals surface area contributed by atoms with Gasteiger partial charge in [0.1, 0.15) is 11.6 Å². The highest BCUT2D eigenvalue weighted by atomic mass is 16.1. The maximum absolute atomic E-state index is 12.1. The van der Waals surface area contributed by atoms with Gasteiger partial charge in [-0.05, 0) is 32.1 Å². The van der Waals surface area contributed by atoms with Crippen LogP contribution in [-0.4, -0.2) is 11.6 Å². The molecule has 0 saturated heterocycles. The van der Waals surface area contributed by atoms with Gasteiger partial charge in [-0.2, -0.15) is 0 Å². The Labute approximate surface area is 124 Å². The lowest BCUT2D eigenvalue weighted by Gasteiger charge is -2.20. The molecule has 2 heteroatoms. The molecule has 1 rings (SSSR count). The normalized spacial score (nSPS) is 22.2. The molecular weight excluding hydrogens is 248 g/mol. The van der Waals surface area contributed by atoms with E-state index in [2.05, 4.69) is 13.5 Å². The van der Waals surface area contributed by atoms with E-state index in [1.165, 1.54) is 32.1 Å². The van der Waals surface area contributed by atoms with Crippen LogP contribution in [0.25, 0.3) is 0 Å². The van der Waals surface area contributed by atoms with Crippen molar-refractivity contribution in [2.24, 2.45) is 11.8 Å². The molecule has 0 N–H and O–H groups in total. The van der Waals surface area contributed by atoms with Crippen molar-refractivity contribution in [1.29, 1.82) is 0 Å². The third-order valence-electron chi connectivity index (χ3n) is 4.50. The second-order valence-electron chi connectivity index (χ2n) is 6.31. The summed E-state index contributed by atoms with van der Waals surface area (Å²) >= 11 is 0. The van der Waals surface area contributed by atoms with Gasteiger partial charge in [-0.25, -0.2) is 0 Å². The lowest BCUT2D eigenvalue weighted by atomic mass is 9.83. The molecule has 114 valence electrons. The Morgan fingerprint density at radius 2 is 1.90 bits per heavy atom. The second-order valence-corrected chi connectivity index (χ2v) is 6.31. The Kier molecular flexibility index (Phi) is 7.79. The highest BCUT2D eigenvalue weighted by Crippen LogP contribution is 2.38. The van der Waals surface area contributed by atoms with Crippen molar-refractivity contribution in [3.8, 4) is 0 Å². The van der Waals surface area contributed by atoms with E-state index in [0.717, 1.165) is 18.4 Å². The Balaban J connectivity index is 2.38. The van der Waals surface area contributed by atoms with Crippen LogP contribution in [0.5, 0.6) is 0 Å². The van der Waals surface area contributed by atoms with E-state index in [4.69, 9.17) is 0 Å². The summed E-state index contributed by atoms with van der Waals surface area (Å²) in [5.41, 5.74) is 1.00. The molecule has 0 aromatic carbocycles. The summed E-state index contributed by atoms with van der Waals surface area (Å²) in [5.74, 6) is 1.08. The Hall–Kier alpha value is -0.920. The standard InChI is InChI=1S/C18H30O2/c1-4-5-6-7-8-9-16-12-13-17(20)18(16)14(2)10-11-15(3)19/h16,18H,2,4-13H2,1,3H3/t16-,18?/m0/s1. The van der Waals surface area contributed by atoms with Crippen molar-refractivity contribution in [2.75, 3.05) is 0 Å². The molecule has 1 saturated carbocycles. The Morgan fingerprint density at radius 3 is 2.55 bits per heavy atom. The summed E-state index contributed by atoms with van der Waals surface area (Å²) in [7, 11) is 0. The van der Waals surface area contributed by atoms with Crippen LogP contribution in [0.2, 0.25) is 0 Å². The number of carbonyl (C=O) groups is 2. The number of ketones is 2. The zero-order chi connectivity index (χ0) is 15.0. The molecule has 0 amide bonds. The van der Waals surface area contributed by atoms with Gasteiger partial charge in [-0.3, -0.25) is 4.79 Å². The van der Waals surface area contributed by atoms with E-state index in [1.807, 2.05) is 0 Å². The van der Waals surface area contributed by atoms with Gasteiger partial charge in [-0.15, -0.1) is 0 Å². The summed E-state index contributed by atoms with van der Waals surface area (Å²) in [5, 5.41) is 0. The molecule has 1 fully saturated rings. The Morgan fingerprint density at radius 1 is 1.20 bits per heavy atom. The third kappa shape index (κ3) is 5.60. The lowest BCUT2D eigenvalue weighted by molar-refractivity contribution is -0.120. The topological polar surface area (TPSA) is 34.1 Å². The fourth-order valence-corrected chi connectivity index (χ4v) is 3.29. The fraction of sp³-hybridized carbons (Fsp3) is 0.778. The van der Waals surface area contributed by atoms with Gasteiger partial charge in [0.25, 0.3) is 0 Å². The van der Waals surface area contributed by atoms with Crippen molar-refractivity contribution in [3.05, 3.63) is 12.2 Å². The average Bonchev–Trinajstić information content (AvgIpc) is 2.77. The number of rotatable bonds is 10. The van der Waals surface area contributed by atoms with Crippen LogP contribution in [-0.2, 0) is 9.59 Å². The van der Waals surface area contributed by atoms with Gasteiger partial charge in [0, 0.05) is 18.8 Å². The SMILES string of the molecule is C=C(CCC(C)=O)C1C(=O)CC[C@@H]1CCCCCCC. The molecule has 1 aliphatic carbocycles.